The van der Waals surface area contributed by atoms with Crippen molar-refractivity contribution in [1.29, 1.82) is 0 Å². The molecule has 0 unspecified atom stereocenters. The van der Waals surface area contributed by atoms with Gasteiger partial charge in [0.2, 0.25) is 0 Å². The van der Waals surface area contributed by atoms with E-state index in [4.69, 9.17) is 5.11 Å². The smallest absolute Gasteiger partial charge is 0.439 e. The zero-order valence-electron chi connectivity index (χ0n) is 13.8. The van der Waals surface area contributed by atoms with Crippen LogP contribution in [-0.2, 0) is 0 Å². The highest BCUT2D eigenvalue weighted by atomic mass is 19.4. The first kappa shape index (κ1) is 21.1. The number of hydrazone groups is 1. The number of nitrogens with zero attached hydrogens (tertiary/aromatic N) is 1. The molecule has 28 heavy (non-hydrogen) atoms. The third kappa shape index (κ3) is 5.63. The molecule has 0 aromatic heterocycles. The summed E-state index contributed by atoms with van der Waals surface area (Å²) in [7, 11) is 0. The van der Waals surface area contributed by atoms with Crippen molar-refractivity contribution in [1.82, 2.24) is 5.43 Å². The third-order valence-corrected chi connectivity index (χ3v) is 3.23. The number of halogens is 6. The summed E-state index contributed by atoms with van der Waals surface area (Å²) in [5, 5.41) is 12.8. The minimum atomic E-state index is -5.77. The van der Waals surface area contributed by atoms with E-state index >= 15 is 0 Å². The van der Waals surface area contributed by atoms with Gasteiger partial charge in [0.05, 0.1) is 6.21 Å². The molecule has 0 heterocycles. The monoisotopic (exact) mass is 406 g/mol. The molecule has 2 aromatic rings. The van der Waals surface area contributed by atoms with Gasteiger partial charge in [-0.15, -0.1) is 0 Å². The first-order valence-corrected chi connectivity index (χ1v) is 7.49. The molecular weight excluding hydrogens is 394 g/mol. The molecule has 0 saturated carbocycles. The number of nitrogens with one attached hydrogen (secondary N) is 1. The Morgan fingerprint density at radius 2 is 1.61 bits per heavy atom. The molecule has 150 valence electrons. The standard InChI is InChI=1S/C17H12F6N2O3/c18-15(16(19,20)21)17(22,23)28-13-7-1-10(2-8-13)9-24-25-14(27)11-3-5-12(26)6-4-11/h1-9,15,26H,(H,25,27)/b24-9-/t15-/m0/s1. The van der Waals surface area contributed by atoms with Crippen LogP contribution < -0.4 is 10.2 Å². The minimum Gasteiger partial charge on any atom is -0.508 e. The molecule has 2 aromatic carbocycles. The van der Waals surface area contributed by atoms with Gasteiger partial charge in [-0.25, -0.2) is 9.82 Å². The Kier molecular flexibility index (Phi) is 6.16. The van der Waals surface area contributed by atoms with Crippen LogP contribution in [0.5, 0.6) is 11.5 Å². The van der Waals surface area contributed by atoms with Gasteiger partial charge < -0.3 is 9.84 Å². The highest BCUT2D eigenvalue weighted by molar-refractivity contribution is 5.94. The van der Waals surface area contributed by atoms with Crippen LogP contribution in [0, 0.1) is 0 Å². The van der Waals surface area contributed by atoms with Crippen LogP contribution in [-0.4, -0.2) is 35.7 Å². The number of rotatable bonds is 6. The molecule has 0 aliphatic rings. The second-order valence-corrected chi connectivity index (χ2v) is 5.38. The molecular formula is C17H12F6N2O3. The number of alkyl halides is 6. The van der Waals surface area contributed by atoms with Crippen LogP contribution >= 0.6 is 0 Å². The maximum absolute atomic E-state index is 13.2. The number of carbonyl (C=O) groups is 1. The molecule has 0 saturated heterocycles. The zero-order chi connectivity index (χ0) is 20.9. The molecule has 0 aliphatic carbocycles. The topological polar surface area (TPSA) is 70.9 Å². The lowest BCUT2D eigenvalue weighted by atomic mass is 10.2. The number of hydrogen-bond acceptors (Lipinski definition) is 4. The van der Waals surface area contributed by atoms with Crippen molar-refractivity contribution in [3.63, 3.8) is 0 Å². The Morgan fingerprint density at radius 3 is 2.14 bits per heavy atom. The summed E-state index contributed by atoms with van der Waals surface area (Å²) in [5.74, 6) is -1.30. The number of amides is 1. The highest BCUT2D eigenvalue weighted by Crippen LogP contribution is 2.36. The molecule has 0 spiro atoms. The summed E-state index contributed by atoms with van der Waals surface area (Å²) >= 11 is 0. The van der Waals surface area contributed by atoms with Gasteiger partial charge in [-0.1, -0.05) is 0 Å². The highest BCUT2D eigenvalue weighted by Gasteiger charge is 2.59. The number of ether oxygens (including phenoxy) is 1. The Hall–Kier alpha value is -3.24. The van der Waals surface area contributed by atoms with Gasteiger partial charge in [0, 0.05) is 5.56 Å². The number of benzene rings is 2. The van der Waals surface area contributed by atoms with Crippen molar-refractivity contribution in [2.24, 2.45) is 5.10 Å². The van der Waals surface area contributed by atoms with E-state index in [-0.39, 0.29) is 16.9 Å². The van der Waals surface area contributed by atoms with E-state index in [2.05, 4.69) is 15.3 Å². The zero-order valence-corrected chi connectivity index (χ0v) is 13.8. The second-order valence-electron chi connectivity index (χ2n) is 5.38. The second kappa shape index (κ2) is 8.19. The quantitative estimate of drug-likeness (QED) is 0.432. The van der Waals surface area contributed by atoms with E-state index in [9.17, 15) is 31.1 Å². The van der Waals surface area contributed by atoms with Gasteiger partial charge in [0.1, 0.15) is 11.5 Å². The van der Waals surface area contributed by atoms with E-state index in [1.165, 1.54) is 24.3 Å². The predicted molar refractivity (Wildman–Crippen MR) is 86.1 cm³/mol. The van der Waals surface area contributed by atoms with E-state index in [0.29, 0.717) is 0 Å². The summed E-state index contributed by atoms with van der Waals surface area (Å²) in [6, 6.07) is 9.39. The van der Waals surface area contributed by atoms with Crippen molar-refractivity contribution < 1.29 is 41.0 Å². The normalized spacial score (nSPS) is 13.4. The molecule has 0 aliphatic heterocycles. The van der Waals surface area contributed by atoms with Crippen molar-refractivity contribution in [2.75, 3.05) is 0 Å². The first-order valence-electron chi connectivity index (χ1n) is 7.49. The molecule has 1 atom stereocenters. The van der Waals surface area contributed by atoms with Crippen LogP contribution in [0.25, 0.3) is 0 Å². The number of carbonyl (C=O) groups excluding carboxylic acids is 1. The lowest BCUT2D eigenvalue weighted by Gasteiger charge is -2.23. The number of hydrogen-bond donors (Lipinski definition) is 2. The predicted octanol–water partition coefficient (Wildman–Crippen LogP) is 4.03. The molecule has 11 heteroatoms. The maximum Gasteiger partial charge on any atom is 0.439 e. The molecule has 1 amide bonds. The van der Waals surface area contributed by atoms with Gasteiger partial charge in [-0.3, -0.25) is 4.79 Å². The van der Waals surface area contributed by atoms with Crippen LogP contribution in [0.15, 0.2) is 53.6 Å². The summed E-state index contributed by atoms with van der Waals surface area (Å²) in [5.41, 5.74) is 2.67. The third-order valence-electron chi connectivity index (χ3n) is 3.23. The van der Waals surface area contributed by atoms with E-state index in [0.717, 1.165) is 30.5 Å². The summed E-state index contributed by atoms with van der Waals surface area (Å²) in [6.07, 6.45) is -14.2. The summed E-state index contributed by atoms with van der Waals surface area (Å²) in [4.78, 5) is 11.8. The van der Waals surface area contributed by atoms with Gasteiger partial charge in [0.25, 0.3) is 12.1 Å². The number of phenols is 1. The van der Waals surface area contributed by atoms with Crippen molar-refractivity contribution in [3.8, 4) is 11.5 Å². The lowest BCUT2D eigenvalue weighted by molar-refractivity contribution is -0.304. The molecule has 0 bridgehead atoms. The van der Waals surface area contributed by atoms with Crippen molar-refractivity contribution in [3.05, 3.63) is 59.7 Å². The van der Waals surface area contributed by atoms with E-state index in [1.807, 2.05) is 0 Å². The summed E-state index contributed by atoms with van der Waals surface area (Å²) < 4.78 is 79.1. The molecule has 2 rings (SSSR count). The largest absolute Gasteiger partial charge is 0.508 e. The minimum absolute atomic E-state index is 0.0257. The Balaban J connectivity index is 1.96. The van der Waals surface area contributed by atoms with Crippen LogP contribution in [0.4, 0.5) is 26.3 Å². The lowest BCUT2D eigenvalue weighted by Crippen LogP contribution is -2.45. The average Bonchev–Trinajstić information content (AvgIpc) is 2.62. The fourth-order valence-electron chi connectivity index (χ4n) is 1.86. The Bertz CT molecular complexity index is 835. The maximum atomic E-state index is 13.2. The first-order chi connectivity index (χ1) is 13.0. The Labute approximate surface area is 154 Å². The number of aromatic hydroxyl groups is 1. The van der Waals surface area contributed by atoms with Gasteiger partial charge in [0.15, 0.2) is 0 Å². The van der Waals surface area contributed by atoms with Gasteiger partial charge in [-0.2, -0.15) is 27.1 Å². The van der Waals surface area contributed by atoms with Crippen LogP contribution in [0.3, 0.4) is 0 Å². The SMILES string of the molecule is O=C(N/N=C\c1ccc(OC(F)(F)[C@@H](F)C(F)(F)F)cc1)c1ccc(O)cc1. The fraction of sp³-hybridized carbons (Fsp3) is 0.176. The average molecular weight is 406 g/mol. The van der Waals surface area contributed by atoms with Crippen molar-refractivity contribution in [2.45, 2.75) is 18.5 Å². The molecule has 2 N–H and O–H groups in total. The summed E-state index contributed by atoms with van der Waals surface area (Å²) in [6.45, 7) is 0. The van der Waals surface area contributed by atoms with Crippen LogP contribution in [0.2, 0.25) is 0 Å². The van der Waals surface area contributed by atoms with Gasteiger partial charge >= 0.3 is 12.3 Å². The molecule has 0 radical (unpaired) electrons. The van der Waals surface area contributed by atoms with Crippen LogP contribution in [0.1, 0.15) is 15.9 Å². The van der Waals surface area contributed by atoms with E-state index in [1.54, 1.807) is 0 Å². The van der Waals surface area contributed by atoms with Crippen molar-refractivity contribution >= 4 is 12.1 Å². The fourth-order valence-corrected chi connectivity index (χ4v) is 1.86. The van der Waals surface area contributed by atoms with E-state index < -0.39 is 30.1 Å². The van der Waals surface area contributed by atoms with Gasteiger partial charge in [-0.05, 0) is 54.1 Å². The Morgan fingerprint density at radius 1 is 1.04 bits per heavy atom. The molecule has 5 nitrogen and oxygen atoms in total. The molecule has 0 fully saturated rings. The number of phenolic OH excluding ortho intramolecular Hbond substituents is 1.